The van der Waals surface area contributed by atoms with Gasteiger partial charge in [0.1, 0.15) is 12.4 Å². The monoisotopic (exact) mass is 560 g/mol. The van der Waals surface area contributed by atoms with Crippen molar-refractivity contribution in [3.8, 4) is 11.4 Å². The number of nitrogens with zero attached hydrogens (tertiary/aromatic N) is 3. The molecule has 1 aliphatic rings. The van der Waals surface area contributed by atoms with Crippen LogP contribution in [0.2, 0.25) is 0 Å². The molecule has 1 aliphatic heterocycles. The highest BCUT2D eigenvalue weighted by Crippen LogP contribution is 2.31. The van der Waals surface area contributed by atoms with Crippen molar-refractivity contribution in [2.75, 3.05) is 39.5 Å². The summed E-state index contributed by atoms with van der Waals surface area (Å²) in [4.78, 5) is 44.4. The maximum absolute atomic E-state index is 13.5. The van der Waals surface area contributed by atoms with E-state index in [-0.39, 0.29) is 17.9 Å². The molecule has 0 radical (unpaired) electrons. The Kier molecular flexibility index (Phi) is 7.01. The Balaban J connectivity index is 1.41. The lowest BCUT2D eigenvalue weighted by atomic mass is 10.1. The third-order valence-electron chi connectivity index (χ3n) is 7.18. The molecule has 6 rings (SSSR count). The van der Waals surface area contributed by atoms with Crippen molar-refractivity contribution < 1.29 is 19.4 Å². The first-order valence-corrected chi connectivity index (χ1v) is 13.9. The standard InChI is InChI=1S/C29H28N4O6S/c1-18-5-6-24-21(13-18)25(33-27(34)22-16-40-17-23(22)30-29(33)37)26(28(35)36)32(24)15-19-3-2-4-20(14-19)39-12-9-31-7-10-38-11-8-31/h2-6,13-14,16-17H,7-12,15H2,1H3,(H,30,37)(H,35,36). The summed E-state index contributed by atoms with van der Waals surface area (Å²) in [6.07, 6.45) is 0. The van der Waals surface area contributed by atoms with E-state index in [4.69, 9.17) is 9.47 Å². The number of thiophene rings is 1. The van der Waals surface area contributed by atoms with E-state index in [1.54, 1.807) is 15.3 Å². The second-order valence-corrected chi connectivity index (χ2v) is 10.6. The molecule has 0 bridgehead atoms. The maximum Gasteiger partial charge on any atom is 0.354 e. The van der Waals surface area contributed by atoms with Crippen molar-refractivity contribution in [2.45, 2.75) is 13.5 Å². The van der Waals surface area contributed by atoms with Gasteiger partial charge >= 0.3 is 11.7 Å². The van der Waals surface area contributed by atoms with Gasteiger partial charge in [-0.15, -0.1) is 11.3 Å². The van der Waals surface area contributed by atoms with Crippen molar-refractivity contribution in [2.24, 2.45) is 0 Å². The van der Waals surface area contributed by atoms with Crippen molar-refractivity contribution in [3.05, 3.63) is 90.9 Å². The van der Waals surface area contributed by atoms with E-state index in [0.29, 0.717) is 34.2 Å². The Bertz CT molecular complexity index is 1840. The van der Waals surface area contributed by atoms with Gasteiger partial charge in [-0.2, -0.15) is 0 Å². The molecule has 0 aliphatic carbocycles. The molecule has 1 fully saturated rings. The molecule has 0 saturated carbocycles. The molecule has 10 nitrogen and oxygen atoms in total. The number of carboxylic acids is 1. The smallest absolute Gasteiger partial charge is 0.354 e. The Morgan fingerprint density at radius 1 is 1.10 bits per heavy atom. The van der Waals surface area contributed by atoms with E-state index in [1.807, 2.05) is 49.4 Å². The van der Waals surface area contributed by atoms with Crippen molar-refractivity contribution in [1.82, 2.24) is 19.0 Å². The van der Waals surface area contributed by atoms with Gasteiger partial charge in [-0.3, -0.25) is 9.69 Å². The highest BCUT2D eigenvalue weighted by atomic mass is 32.1. The summed E-state index contributed by atoms with van der Waals surface area (Å²) in [7, 11) is 0. The second kappa shape index (κ2) is 10.8. The third kappa shape index (κ3) is 4.83. The molecule has 11 heteroatoms. The van der Waals surface area contributed by atoms with Crippen LogP contribution in [0.25, 0.3) is 27.5 Å². The fraction of sp³-hybridized carbons (Fsp3) is 0.276. The molecule has 0 spiro atoms. The normalized spacial score (nSPS) is 14.2. The molecular formula is C29H28N4O6S. The van der Waals surface area contributed by atoms with Gasteiger partial charge in [0, 0.05) is 42.3 Å². The van der Waals surface area contributed by atoms with Gasteiger partial charge in [-0.05, 0) is 36.8 Å². The van der Waals surface area contributed by atoms with Gasteiger partial charge in [0.25, 0.3) is 5.56 Å². The molecule has 2 aromatic carbocycles. The number of aromatic amines is 1. The van der Waals surface area contributed by atoms with Crippen LogP contribution in [0.1, 0.15) is 21.6 Å². The number of hydrogen-bond acceptors (Lipinski definition) is 7. The fourth-order valence-electron chi connectivity index (χ4n) is 5.24. The molecule has 0 unspecified atom stereocenters. The minimum Gasteiger partial charge on any atom is -0.492 e. The lowest BCUT2D eigenvalue weighted by Crippen LogP contribution is -2.38. The maximum atomic E-state index is 13.5. The number of carbonyl (C=O) groups is 1. The zero-order chi connectivity index (χ0) is 27.8. The van der Waals surface area contributed by atoms with Gasteiger partial charge in [-0.1, -0.05) is 23.8 Å². The number of H-pyrrole nitrogens is 1. The number of ether oxygens (including phenoxy) is 2. The van der Waals surface area contributed by atoms with Crippen LogP contribution in [0, 0.1) is 6.92 Å². The Morgan fingerprint density at radius 2 is 1.93 bits per heavy atom. The van der Waals surface area contributed by atoms with Crippen LogP contribution in [-0.4, -0.2) is 69.5 Å². The summed E-state index contributed by atoms with van der Waals surface area (Å²) < 4.78 is 14.0. The quantitative estimate of drug-likeness (QED) is 0.298. The van der Waals surface area contributed by atoms with E-state index in [1.165, 1.54) is 11.3 Å². The molecule has 4 heterocycles. The summed E-state index contributed by atoms with van der Waals surface area (Å²) >= 11 is 1.29. The van der Waals surface area contributed by atoms with Gasteiger partial charge in [0.05, 0.1) is 35.3 Å². The van der Waals surface area contributed by atoms with Crippen LogP contribution in [0.3, 0.4) is 0 Å². The van der Waals surface area contributed by atoms with Crippen LogP contribution in [-0.2, 0) is 11.3 Å². The zero-order valence-corrected chi connectivity index (χ0v) is 22.7. The third-order valence-corrected chi connectivity index (χ3v) is 7.92. The largest absolute Gasteiger partial charge is 0.492 e. The second-order valence-electron chi connectivity index (χ2n) is 9.83. The predicted molar refractivity (Wildman–Crippen MR) is 154 cm³/mol. The number of aryl methyl sites for hydroxylation is 1. The zero-order valence-electron chi connectivity index (χ0n) is 21.9. The molecule has 40 heavy (non-hydrogen) atoms. The number of aromatic nitrogens is 3. The van der Waals surface area contributed by atoms with Crippen LogP contribution >= 0.6 is 11.3 Å². The SMILES string of the molecule is Cc1ccc2c(c1)c(-n1c(=O)[nH]c3cscc3c1=O)c(C(=O)O)n2Cc1cccc(OCCN2CCOCC2)c1. The lowest BCUT2D eigenvalue weighted by molar-refractivity contribution is 0.0322. The first-order chi connectivity index (χ1) is 19.4. The summed E-state index contributed by atoms with van der Waals surface area (Å²) in [5.41, 5.74) is 1.41. The van der Waals surface area contributed by atoms with E-state index in [0.717, 1.165) is 48.5 Å². The summed E-state index contributed by atoms with van der Waals surface area (Å²) in [5, 5.41) is 14.6. The molecule has 206 valence electrons. The average molecular weight is 561 g/mol. The Morgan fingerprint density at radius 3 is 2.73 bits per heavy atom. The van der Waals surface area contributed by atoms with E-state index < -0.39 is 17.2 Å². The summed E-state index contributed by atoms with van der Waals surface area (Å²) in [6, 6.07) is 13.1. The van der Waals surface area contributed by atoms with Crippen molar-refractivity contribution in [3.63, 3.8) is 0 Å². The topological polar surface area (TPSA) is 119 Å². The van der Waals surface area contributed by atoms with E-state index in [9.17, 15) is 19.5 Å². The van der Waals surface area contributed by atoms with Crippen LogP contribution in [0.15, 0.2) is 62.8 Å². The first-order valence-electron chi connectivity index (χ1n) is 13.0. The molecule has 1 saturated heterocycles. The number of benzene rings is 2. The van der Waals surface area contributed by atoms with Gasteiger partial charge < -0.3 is 24.1 Å². The summed E-state index contributed by atoms with van der Waals surface area (Å²) in [6.45, 7) is 6.63. The predicted octanol–water partition coefficient (Wildman–Crippen LogP) is 3.46. The molecule has 0 atom stereocenters. The average Bonchev–Trinajstić information content (AvgIpc) is 3.52. The van der Waals surface area contributed by atoms with Gasteiger partial charge in [0.2, 0.25) is 0 Å². The van der Waals surface area contributed by atoms with Gasteiger partial charge in [-0.25, -0.2) is 14.2 Å². The summed E-state index contributed by atoms with van der Waals surface area (Å²) in [5.74, 6) is -0.552. The highest BCUT2D eigenvalue weighted by Gasteiger charge is 2.27. The molecular weight excluding hydrogens is 532 g/mol. The number of fused-ring (bicyclic) bond motifs is 2. The van der Waals surface area contributed by atoms with E-state index in [2.05, 4.69) is 9.88 Å². The number of hydrogen-bond donors (Lipinski definition) is 2. The lowest BCUT2D eigenvalue weighted by Gasteiger charge is -2.26. The fourth-order valence-corrected chi connectivity index (χ4v) is 5.99. The number of carboxylic acid groups (broad SMARTS) is 1. The number of aromatic carboxylic acids is 1. The minimum atomic E-state index is -1.24. The first kappa shape index (κ1) is 26.1. The molecule has 3 aromatic heterocycles. The van der Waals surface area contributed by atoms with Crippen LogP contribution in [0.4, 0.5) is 0 Å². The van der Waals surface area contributed by atoms with Crippen molar-refractivity contribution >= 4 is 39.1 Å². The Labute approximate surface area is 232 Å². The number of rotatable bonds is 8. The Hall–Kier alpha value is -4.19. The number of morpholine rings is 1. The van der Waals surface area contributed by atoms with Crippen LogP contribution < -0.4 is 16.0 Å². The van der Waals surface area contributed by atoms with Crippen LogP contribution in [0.5, 0.6) is 5.75 Å². The number of nitrogens with one attached hydrogen (secondary N) is 1. The minimum absolute atomic E-state index is 0.0588. The van der Waals surface area contributed by atoms with Gasteiger partial charge in [0.15, 0.2) is 5.69 Å². The van der Waals surface area contributed by atoms with Crippen molar-refractivity contribution in [1.29, 1.82) is 0 Å². The highest BCUT2D eigenvalue weighted by molar-refractivity contribution is 7.09. The van der Waals surface area contributed by atoms with E-state index >= 15 is 0 Å². The molecule has 5 aromatic rings. The molecule has 2 N–H and O–H groups in total. The molecule has 0 amide bonds.